The van der Waals surface area contributed by atoms with Crippen LogP contribution in [0.15, 0.2) is 22.5 Å². The topological polar surface area (TPSA) is 39.7 Å². The molecule has 0 spiro atoms. The third-order valence-electron chi connectivity index (χ3n) is 4.31. The molecule has 5 heteroatoms. The zero-order valence-corrected chi connectivity index (χ0v) is 15.8. The molecule has 0 bridgehead atoms. The van der Waals surface area contributed by atoms with Crippen LogP contribution in [-0.4, -0.2) is 49.6 Å². The Morgan fingerprint density at radius 3 is 2.70 bits per heavy atom. The van der Waals surface area contributed by atoms with Gasteiger partial charge in [0.25, 0.3) is 0 Å². The van der Waals surface area contributed by atoms with Crippen LogP contribution in [0.1, 0.15) is 38.5 Å². The predicted octanol–water partition coefficient (Wildman–Crippen LogP) is 2.96. The van der Waals surface area contributed by atoms with Gasteiger partial charge in [0.15, 0.2) is 5.96 Å². The second kappa shape index (κ2) is 9.28. The average Bonchev–Trinajstić information content (AvgIpc) is 3.23. The predicted molar refractivity (Wildman–Crippen MR) is 101 cm³/mol. The van der Waals surface area contributed by atoms with Gasteiger partial charge >= 0.3 is 0 Å². The fraction of sp³-hybridized carbons (Fsp3) is 0.722. The second-order valence-electron chi connectivity index (χ2n) is 6.83. The Balaban J connectivity index is 1.64. The minimum absolute atomic E-state index is 0.603. The zero-order valence-electron chi connectivity index (χ0n) is 15.0. The molecule has 0 aliphatic heterocycles. The van der Waals surface area contributed by atoms with E-state index in [-0.39, 0.29) is 0 Å². The first kappa shape index (κ1) is 18.3. The molecular formula is C18H32N4S. The summed E-state index contributed by atoms with van der Waals surface area (Å²) in [5, 5.41) is 9.06. The lowest BCUT2D eigenvalue weighted by Gasteiger charge is -2.26. The Hall–Kier alpha value is -1.07. The number of thiophene rings is 1. The van der Waals surface area contributed by atoms with E-state index in [2.05, 4.69) is 58.8 Å². The highest BCUT2D eigenvalue weighted by molar-refractivity contribution is 7.09. The molecule has 1 aromatic rings. The van der Waals surface area contributed by atoms with Crippen molar-refractivity contribution in [2.45, 2.75) is 52.1 Å². The number of hydrogen-bond acceptors (Lipinski definition) is 3. The summed E-state index contributed by atoms with van der Waals surface area (Å²) in [5.74, 6) is 1.52. The van der Waals surface area contributed by atoms with Gasteiger partial charge in [-0.3, -0.25) is 9.89 Å². The van der Waals surface area contributed by atoms with Crippen molar-refractivity contribution < 1.29 is 0 Å². The molecule has 2 rings (SSSR count). The molecule has 1 fully saturated rings. The van der Waals surface area contributed by atoms with E-state index >= 15 is 0 Å². The minimum atomic E-state index is 0.603. The molecule has 23 heavy (non-hydrogen) atoms. The van der Waals surface area contributed by atoms with Crippen molar-refractivity contribution in [3.63, 3.8) is 0 Å². The number of guanidine groups is 1. The molecule has 4 nitrogen and oxygen atoms in total. The van der Waals surface area contributed by atoms with Crippen molar-refractivity contribution in [3.05, 3.63) is 22.4 Å². The standard InChI is InChI=1S/C18H32N4S/c1-14(2)22(16-7-8-16)10-9-20-18(19-4)21-13-15(3)12-17-6-5-11-23-17/h5-6,11,14-16H,7-10,12-13H2,1-4H3,(H2,19,20,21). The molecule has 0 amide bonds. The Labute approximate surface area is 145 Å². The summed E-state index contributed by atoms with van der Waals surface area (Å²) in [7, 11) is 1.85. The largest absolute Gasteiger partial charge is 0.356 e. The lowest BCUT2D eigenvalue weighted by Crippen LogP contribution is -2.44. The first-order valence-corrected chi connectivity index (χ1v) is 9.70. The Morgan fingerprint density at radius 2 is 2.13 bits per heavy atom. The highest BCUT2D eigenvalue weighted by Crippen LogP contribution is 2.27. The molecular weight excluding hydrogens is 304 g/mol. The Morgan fingerprint density at radius 1 is 1.35 bits per heavy atom. The van der Waals surface area contributed by atoms with Crippen molar-refractivity contribution in [2.24, 2.45) is 10.9 Å². The molecule has 2 N–H and O–H groups in total. The number of nitrogens with one attached hydrogen (secondary N) is 2. The molecule has 1 saturated carbocycles. The number of rotatable bonds is 9. The van der Waals surface area contributed by atoms with Gasteiger partial charge in [0.2, 0.25) is 0 Å². The van der Waals surface area contributed by atoms with Crippen LogP contribution >= 0.6 is 11.3 Å². The quantitative estimate of drug-likeness (QED) is 0.538. The fourth-order valence-electron chi connectivity index (χ4n) is 2.91. The molecule has 1 aliphatic carbocycles. The lowest BCUT2D eigenvalue weighted by molar-refractivity contribution is 0.215. The SMILES string of the molecule is CN=C(NCCN(C(C)C)C1CC1)NCC(C)Cc1cccs1. The molecule has 130 valence electrons. The summed E-state index contributed by atoms with van der Waals surface area (Å²) in [4.78, 5) is 8.39. The number of nitrogens with zero attached hydrogens (tertiary/aromatic N) is 2. The maximum absolute atomic E-state index is 4.34. The van der Waals surface area contributed by atoms with Crippen LogP contribution < -0.4 is 10.6 Å². The molecule has 0 radical (unpaired) electrons. The van der Waals surface area contributed by atoms with E-state index < -0.39 is 0 Å². The van der Waals surface area contributed by atoms with Gasteiger partial charge in [0, 0.05) is 43.6 Å². The van der Waals surface area contributed by atoms with Crippen LogP contribution in [-0.2, 0) is 6.42 Å². The van der Waals surface area contributed by atoms with E-state index in [1.807, 2.05) is 18.4 Å². The van der Waals surface area contributed by atoms with Crippen LogP contribution in [0.4, 0.5) is 0 Å². The summed E-state index contributed by atoms with van der Waals surface area (Å²) in [6.07, 6.45) is 3.86. The Bertz CT molecular complexity index is 463. The Kier molecular flexibility index (Phi) is 7.37. The summed E-state index contributed by atoms with van der Waals surface area (Å²) in [5.41, 5.74) is 0. The van der Waals surface area contributed by atoms with Crippen LogP contribution in [0.2, 0.25) is 0 Å². The lowest BCUT2D eigenvalue weighted by atomic mass is 10.1. The van der Waals surface area contributed by atoms with Crippen molar-refractivity contribution in [1.82, 2.24) is 15.5 Å². The minimum Gasteiger partial charge on any atom is -0.356 e. The van der Waals surface area contributed by atoms with E-state index in [0.29, 0.717) is 12.0 Å². The highest BCUT2D eigenvalue weighted by atomic mass is 32.1. The molecule has 1 aliphatic rings. The second-order valence-corrected chi connectivity index (χ2v) is 7.86. The first-order valence-electron chi connectivity index (χ1n) is 8.82. The van der Waals surface area contributed by atoms with Crippen molar-refractivity contribution in [2.75, 3.05) is 26.7 Å². The van der Waals surface area contributed by atoms with Crippen LogP contribution in [0, 0.1) is 5.92 Å². The molecule has 1 unspecified atom stereocenters. The molecule has 1 aromatic heterocycles. The first-order chi connectivity index (χ1) is 11.1. The van der Waals surface area contributed by atoms with Gasteiger partial charge in [-0.25, -0.2) is 0 Å². The molecule has 1 atom stereocenters. The van der Waals surface area contributed by atoms with Gasteiger partial charge in [0.1, 0.15) is 0 Å². The summed E-state index contributed by atoms with van der Waals surface area (Å²) >= 11 is 1.84. The maximum atomic E-state index is 4.34. The van der Waals surface area contributed by atoms with Crippen LogP contribution in [0.3, 0.4) is 0 Å². The van der Waals surface area contributed by atoms with E-state index in [9.17, 15) is 0 Å². The third kappa shape index (κ3) is 6.51. The van der Waals surface area contributed by atoms with E-state index in [1.54, 1.807) is 0 Å². The van der Waals surface area contributed by atoms with Gasteiger partial charge in [-0.2, -0.15) is 0 Å². The van der Waals surface area contributed by atoms with Crippen molar-refractivity contribution in [1.29, 1.82) is 0 Å². The number of hydrogen-bond donors (Lipinski definition) is 2. The van der Waals surface area contributed by atoms with Crippen LogP contribution in [0.5, 0.6) is 0 Å². The third-order valence-corrected chi connectivity index (χ3v) is 5.21. The number of aliphatic imine (C=N–C) groups is 1. The van der Waals surface area contributed by atoms with Gasteiger partial charge in [-0.05, 0) is 50.5 Å². The van der Waals surface area contributed by atoms with Gasteiger partial charge < -0.3 is 10.6 Å². The van der Waals surface area contributed by atoms with Crippen molar-refractivity contribution >= 4 is 17.3 Å². The monoisotopic (exact) mass is 336 g/mol. The zero-order chi connectivity index (χ0) is 16.7. The maximum Gasteiger partial charge on any atom is 0.191 e. The molecule has 1 heterocycles. The van der Waals surface area contributed by atoms with Gasteiger partial charge in [-0.1, -0.05) is 13.0 Å². The van der Waals surface area contributed by atoms with E-state index in [1.165, 1.54) is 17.7 Å². The molecule has 0 saturated heterocycles. The smallest absolute Gasteiger partial charge is 0.191 e. The molecule has 0 aromatic carbocycles. The fourth-order valence-corrected chi connectivity index (χ4v) is 3.78. The van der Waals surface area contributed by atoms with Crippen LogP contribution in [0.25, 0.3) is 0 Å². The van der Waals surface area contributed by atoms with E-state index in [4.69, 9.17) is 0 Å². The van der Waals surface area contributed by atoms with E-state index in [0.717, 1.165) is 38.1 Å². The van der Waals surface area contributed by atoms with Crippen molar-refractivity contribution in [3.8, 4) is 0 Å². The summed E-state index contributed by atoms with van der Waals surface area (Å²) < 4.78 is 0. The van der Waals surface area contributed by atoms with Gasteiger partial charge in [0.05, 0.1) is 0 Å². The van der Waals surface area contributed by atoms with Gasteiger partial charge in [-0.15, -0.1) is 11.3 Å². The summed E-state index contributed by atoms with van der Waals surface area (Å²) in [6.45, 7) is 9.86. The average molecular weight is 337 g/mol. The normalized spacial score (nSPS) is 16.9. The summed E-state index contributed by atoms with van der Waals surface area (Å²) in [6, 6.07) is 5.79. The highest BCUT2D eigenvalue weighted by Gasteiger charge is 2.30.